The minimum atomic E-state index is -0.0308. The van der Waals surface area contributed by atoms with E-state index >= 15 is 0 Å². The number of aromatic nitrogens is 4. The van der Waals surface area contributed by atoms with Crippen LogP contribution >= 0.6 is 0 Å². The average Bonchev–Trinajstić information content (AvgIpc) is 3.16. The number of rotatable bonds is 5. The Balaban J connectivity index is 1.49. The van der Waals surface area contributed by atoms with Gasteiger partial charge in [0, 0.05) is 25.0 Å². The van der Waals surface area contributed by atoms with Crippen molar-refractivity contribution < 1.29 is 4.79 Å². The maximum Gasteiger partial charge on any atom is 0.254 e. The number of carbonyl (C=O) groups is 1. The molecule has 6 nitrogen and oxygen atoms in total. The zero-order valence-corrected chi connectivity index (χ0v) is 15.9. The largest absolute Gasteiger partial charge is 0.335 e. The van der Waals surface area contributed by atoms with Crippen LogP contribution in [0.5, 0.6) is 0 Å². The standard InChI is InChI=1S/C22H21N5O/c1-16(18-11-13-23-14-12-18)26(2)22(28)19-9-7-17(8-10-19)15-27-21-6-4-3-5-20(21)24-25-27/h3-14,16H,15H2,1-2H3. The molecule has 0 aliphatic carbocycles. The van der Waals surface area contributed by atoms with E-state index < -0.39 is 0 Å². The molecule has 4 rings (SSSR count). The minimum absolute atomic E-state index is 0.0120. The van der Waals surface area contributed by atoms with Crippen molar-refractivity contribution in [3.05, 3.63) is 89.7 Å². The van der Waals surface area contributed by atoms with Gasteiger partial charge < -0.3 is 4.90 Å². The first-order chi connectivity index (χ1) is 13.6. The second kappa shape index (κ2) is 7.60. The van der Waals surface area contributed by atoms with Gasteiger partial charge in [-0.3, -0.25) is 9.78 Å². The molecule has 0 aliphatic rings. The van der Waals surface area contributed by atoms with E-state index in [0.29, 0.717) is 12.1 Å². The molecule has 6 heteroatoms. The lowest BCUT2D eigenvalue weighted by Gasteiger charge is -2.25. The Labute approximate surface area is 163 Å². The van der Waals surface area contributed by atoms with Gasteiger partial charge in [0.1, 0.15) is 5.52 Å². The van der Waals surface area contributed by atoms with Crippen molar-refractivity contribution in [2.24, 2.45) is 0 Å². The van der Waals surface area contributed by atoms with Gasteiger partial charge >= 0.3 is 0 Å². The van der Waals surface area contributed by atoms with Crippen molar-refractivity contribution >= 4 is 16.9 Å². The average molecular weight is 371 g/mol. The maximum atomic E-state index is 12.8. The van der Waals surface area contributed by atoms with E-state index in [1.807, 2.05) is 79.3 Å². The number of fused-ring (bicyclic) bond motifs is 1. The van der Waals surface area contributed by atoms with Crippen molar-refractivity contribution in [2.75, 3.05) is 7.05 Å². The van der Waals surface area contributed by atoms with Crippen LogP contribution in [0.4, 0.5) is 0 Å². The summed E-state index contributed by atoms with van der Waals surface area (Å²) in [7, 11) is 1.82. The smallest absolute Gasteiger partial charge is 0.254 e. The van der Waals surface area contributed by atoms with E-state index in [2.05, 4.69) is 15.3 Å². The van der Waals surface area contributed by atoms with E-state index in [9.17, 15) is 4.79 Å². The normalized spacial score (nSPS) is 12.1. The first-order valence-corrected chi connectivity index (χ1v) is 9.18. The second-order valence-corrected chi connectivity index (χ2v) is 6.81. The van der Waals surface area contributed by atoms with Gasteiger partial charge in [-0.15, -0.1) is 5.10 Å². The number of benzene rings is 2. The quantitative estimate of drug-likeness (QED) is 0.536. The van der Waals surface area contributed by atoms with Crippen molar-refractivity contribution in [3.8, 4) is 0 Å². The van der Waals surface area contributed by atoms with Crippen molar-refractivity contribution in [1.29, 1.82) is 0 Å². The monoisotopic (exact) mass is 371 g/mol. The van der Waals surface area contributed by atoms with Crippen LogP contribution in [0.15, 0.2) is 73.1 Å². The molecule has 0 saturated carbocycles. The first kappa shape index (κ1) is 17.9. The van der Waals surface area contributed by atoms with Crippen LogP contribution in [0.1, 0.15) is 34.5 Å². The predicted molar refractivity (Wildman–Crippen MR) is 108 cm³/mol. The molecule has 1 atom stereocenters. The van der Waals surface area contributed by atoms with Gasteiger partial charge in [0.15, 0.2) is 0 Å². The molecule has 1 amide bonds. The lowest BCUT2D eigenvalue weighted by atomic mass is 10.1. The Hall–Kier alpha value is -3.54. The minimum Gasteiger partial charge on any atom is -0.335 e. The first-order valence-electron chi connectivity index (χ1n) is 9.18. The molecule has 0 spiro atoms. The van der Waals surface area contributed by atoms with E-state index in [0.717, 1.165) is 22.2 Å². The van der Waals surface area contributed by atoms with Gasteiger partial charge in [-0.25, -0.2) is 4.68 Å². The highest BCUT2D eigenvalue weighted by Crippen LogP contribution is 2.20. The highest BCUT2D eigenvalue weighted by atomic mass is 16.2. The lowest BCUT2D eigenvalue weighted by molar-refractivity contribution is 0.0742. The summed E-state index contributed by atoms with van der Waals surface area (Å²) >= 11 is 0. The van der Waals surface area contributed by atoms with Crippen LogP contribution in [0, 0.1) is 0 Å². The fourth-order valence-corrected chi connectivity index (χ4v) is 3.20. The summed E-state index contributed by atoms with van der Waals surface area (Å²) in [6.07, 6.45) is 3.49. The molecule has 1 unspecified atom stereocenters. The number of nitrogens with zero attached hydrogens (tertiary/aromatic N) is 5. The van der Waals surface area contributed by atoms with Gasteiger partial charge in [0.2, 0.25) is 0 Å². The third-order valence-corrected chi connectivity index (χ3v) is 5.04. The summed E-state index contributed by atoms with van der Waals surface area (Å²) in [5, 5.41) is 8.40. The lowest BCUT2D eigenvalue weighted by Crippen LogP contribution is -2.29. The van der Waals surface area contributed by atoms with Crippen LogP contribution in [-0.4, -0.2) is 37.8 Å². The zero-order chi connectivity index (χ0) is 19.5. The maximum absolute atomic E-state index is 12.8. The SMILES string of the molecule is CC(c1ccncc1)N(C)C(=O)c1ccc(Cn2nnc3ccccc32)cc1. The van der Waals surface area contributed by atoms with E-state index in [1.54, 1.807) is 17.3 Å². The summed E-state index contributed by atoms with van der Waals surface area (Å²) in [4.78, 5) is 18.6. The Bertz CT molecular complexity index is 1090. The van der Waals surface area contributed by atoms with Crippen molar-refractivity contribution in [2.45, 2.75) is 19.5 Å². The van der Waals surface area contributed by atoms with Gasteiger partial charge in [0.05, 0.1) is 18.1 Å². The molecular weight excluding hydrogens is 350 g/mol. The summed E-state index contributed by atoms with van der Waals surface area (Å²) in [5.41, 5.74) is 4.66. The third-order valence-electron chi connectivity index (χ3n) is 5.04. The fraction of sp³-hybridized carbons (Fsp3) is 0.182. The van der Waals surface area contributed by atoms with Crippen LogP contribution in [-0.2, 0) is 6.54 Å². The summed E-state index contributed by atoms with van der Waals surface area (Å²) in [6.45, 7) is 2.62. The van der Waals surface area contributed by atoms with E-state index in [-0.39, 0.29) is 11.9 Å². The van der Waals surface area contributed by atoms with Gasteiger partial charge in [-0.1, -0.05) is 29.5 Å². The summed E-state index contributed by atoms with van der Waals surface area (Å²) in [5.74, 6) is -0.0120. The van der Waals surface area contributed by atoms with Gasteiger partial charge in [-0.05, 0) is 54.4 Å². The van der Waals surface area contributed by atoms with Crippen LogP contribution in [0.25, 0.3) is 11.0 Å². The molecule has 2 aromatic carbocycles. The van der Waals surface area contributed by atoms with Gasteiger partial charge in [0.25, 0.3) is 5.91 Å². The summed E-state index contributed by atoms with van der Waals surface area (Å²) in [6, 6.07) is 19.4. The predicted octanol–water partition coefficient (Wildman–Crippen LogP) is 3.71. The Morgan fingerprint density at radius 1 is 1.04 bits per heavy atom. The topological polar surface area (TPSA) is 63.9 Å². The van der Waals surface area contributed by atoms with Gasteiger partial charge in [-0.2, -0.15) is 0 Å². The fourth-order valence-electron chi connectivity index (χ4n) is 3.20. The van der Waals surface area contributed by atoms with Crippen molar-refractivity contribution in [1.82, 2.24) is 24.9 Å². The number of carbonyl (C=O) groups excluding carboxylic acids is 1. The molecule has 140 valence electrons. The Kier molecular flexibility index (Phi) is 4.85. The van der Waals surface area contributed by atoms with Crippen LogP contribution in [0.3, 0.4) is 0 Å². The van der Waals surface area contributed by atoms with Crippen LogP contribution in [0.2, 0.25) is 0 Å². The number of pyridine rings is 1. The Morgan fingerprint density at radius 2 is 1.75 bits per heavy atom. The second-order valence-electron chi connectivity index (χ2n) is 6.81. The number of hydrogen-bond donors (Lipinski definition) is 0. The number of para-hydroxylation sites is 1. The number of hydrogen-bond acceptors (Lipinski definition) is 4. The van der Waals surface area contributed by atoms with E-state index in [4.69, 9.17) is 0 Å². The van der Waals surface area contributed by atoms with Crippen LogP contribution < -0.4 is 0 Å². The molecule has 4 aromatic rings. The molecule has 0 aliphatic heterocycles. The molecular formula is C22H21N5O. The molecule has 0 fully saturated rings. The van der Waals surface area contributed by atoms with Crippen molar-refractivity contribution in [3.63, 3.8) is 0 Å². The molecule has 2 aromatic heterocycles. The molecule has 28 heavy (non-hydrogen) atoms. The third kappa shape index (κ3) is 3.49. The molecule has 0 N–H and O–H groups in total. The van der Waals surface area contributed by atoms with E-state index in [1.165, 1.54) is 0 Å². The zero-order valence-electron chi connectivity index (χ0n) is 15.9. The molecule has 0 radical (unpaired) electrons. The number of amides is 1. The molecule has 2 heterocycles. The summed E-state index contributed by atoms with van der Waals surface area (Å²) < 4.78 is 1.86. The highest BCUT2D eigenvalue weighted by molar-refractivity contribution is 5.94. The Morgan fingerprint density at radius 3 is 2.50 bits per heavy atom. The molecule has 0 bridgehead atoms. The highest BCUT2D eigenvalue weighted by Gasteiger charge is 2.18. The molecule has 0 saturated heterocycles.